The number of tetrazole rings is 1. The molecule has 1 saturated heterocycles. The standard InChI is InChI=1S/C15H18FN5O2/c1-11-17-18-19-21(11)14(10-12-2-4-13(16)5-3-12)15(22)20-6-8-23-9-7-20/h2-5,14H,6-10H2,1H3/t14-/m1/s1. The molecule has 1 aliphatic heterocycles. The van der Waals surface area contributed by atoms with Crippen LogP contribution in [0.25, 0.3) is 0 Å². The third kappa shape index (κ3) is 3.53. The van der Waals surface area contributed by atoms with Gasteiger partial charge < -0.3 is 9.64 Å². The maximum atomic E-state index is 13.1. The van der Waals surface area contributed by atoms with Crippen molar-refractivity contribution in [3.05, 3.63) is 41.5 Å². The van der Waals surface area contributed by atoms with Crippen molar-refractivity contribution in [1.82, 2.24) is 25.1 Å². The largest absolute Gasteiger partial charge is 0.378 e. The number of carbonyl (C=O) groups excluding carboxylic acids is 1. The van der Waals surface area contributed by atoms with Crippen LogP contribution in [-0.2, 0) is 16.0 Å². The first-order valence-electron chi connectivity index (χ1n) is 7.50. The molecular weight excluding hydrogens is 301 g/mol. The lowest BCUT2D eigenvalue weighted by atomic mass is 10.0. The van der Waals surface area contributed by atoms with E-state index in [4.69, 9.17) is 4.74 Å². The lowest BCUT2D eigenvalue weighted by Gasteiger charge is -2.30. The summed E-state index contributed by atoms with van der Waals surface area (Å²) in [5.41, 5.74) is 0.855. The average molecular weight is 319 g/mol. The van der Waals surface area contributed by atoms with Crippen molar-refractivity contribution in [2.45, 2.75) is 19.4 Å². The van der Waals surface area contributed by atoms with Crippen LogP contribution in [0.3, 0.4) is 0 Å². The molecule has 23 heavy (non-hydrogen) atoms. The SMILES string of the molecule is Cc1nnnn1[C@H](Cc1ccc(F)cc1)C(=O)N1CCOCC1. The first-order chi connectivity index (χ1) is 11.1. The number of aryl methyl sites for hydroxylation is 1. The van der Waals surface area contributed by atoms with E-state index in [9.17, 15) is 9.18 Å². The number of nitrogens with zero attached hydrogens (tertiary/aromatic N) is 5. The zero-order chi connectivity index (χ0) is 16.2. The highest BCUT2D eigenvalue weighted by Crippen LogP contribution is 2.19. The van der Waals surface area contributed by atoms with Crippen LogP contribution in [0.15, 0.2) is 24.3 Å². The highest BCUT2D eigenvalue weighted by Gasteiger charge is 2.29. The molecule has 7 nitrogen and oxygen atoms in total. The molecule has 1 aromatic heterocycles. The van der Waals surface area contributed by atoms with Crippen molar-refractivity contribution in [2.24, 2.45) is 0 Å². The summed E-state index contributed by atoms with van der Waals surface area (Å²) in [4.78, 5) is 14.7. The van der Waals surface area contributed by atoms with Crippen LogP contribution in [0, 0.1) is 12.7 Å². The van der Waals surface area contributed by atoms with Gasteiger partial charge in [0, 0.05) is 19.5 Å². The van der Waals surface area contributed by atoms with E-state index in [0.29, 0.717) is 38.5 Å². The van der Waals surface area contributed by atoms with Gasteiger partial charge in [-0.25, -0.2) is 9.07 Å². The van der Waals surface area contributed by atoms with E-state index in [1.165, 1.54) is 16.8 Å². The minimum absolute atomic E-state index is 0.0481. The lowest BCUT2D eigenvalue weighted by Crippen LogP contribution is -2.45. The molecule has 3 rings (SSSR count). The molecule has 122 valence electrons. The van der Waals surface area contributed by atoms with E-state index in [1.54, 1.807) is 24.0 Å². The van der Waals surface area contributed by atoms with Crippen molar-refractivity contribution in [2.75, 3.05) is 26.3 Å². The van der Waals surface area contributed by atoms with Crippen LogP contribution in [0.4, 0.5) is 4.39 Å². The van der Waals surface area contributed by atoms with Crippen molar-refractivity contribution in [3.8, 4) is 0 Å². The van der Waals surface area contributed by atoms with Gasteiger partial charge in [0.05, 0.1) is 13.2 Å². The summed E-state index contributed by atoms with van der Waals surface area (Å²) < 4.78 is 19.9. The third-order valence-electron chi connectivity index (χ3n) is 3.90. The fourth-order valence-electron chi connectivity index (χ4n) is 2.64. The summed E-state index contributed by atoms with van der Waals surface area (Å²) in [6.07, 6.45) is 0.405. The Morgan fingerprint density at radius 1 is 1.30 bits per heavy atom. The molecule has 0 aliphatic carbocycles. The second-order valence-corrected chi connectivity index (χ2v) is 5.45. The molecule has 2 heterocycles. The Labute approximate surface area is 133 Å². The van der Waals surface area contributed by atoms with Crippen LogP contribution >= 0.6 is 0 Å². The topological polar surface area (TPSA) is 73.1 Å². The first kappa shape index (κ1) is 15.5. The van der Waals surface area contributed by atoms with Crippen molar-refractivity contribution in [1.29, 1.82) is 0 Å². The number of aromatic nitrogens is 4. The van der Waals surface area contributed by atoms with Gasteiger partial charge in [-0.3, -0.25) is 4.79 Å². The molecule has 2 aromatic rings. The molecule has 1 aliphatic rings. The molecule has 1 aromatic carbocycles. The van der Waals surface area contributed by atoms with Gasteiger partial charge in [-0.2, -0.15) is 0 Å². The van der Waals surface area contributed by atoms with Crippen LogP contribution in [0.1, 0.15) is 17.4 Å². The van der Waals surface area contributed by atoms with E-state index in [0.717, 1.165) is 5.56 Å². The number of halogens is 1. The first-order valence-corrected chi connectivity index (χ1v) is 7.50. The smallest absolute Gasteiger partial charge is 0.248 e. The molecule has 0 radical (unpaired) electrons. The molecule has 0 unspecified atom stereocenters. The van der Waals surface area contributed by atoms with E-state index in [2.05, 4.69) is 15.5 Å². The Morgan fingerprint density at radius 3 is 2.61 bits per heavy atom. The van der Waals surface area contributed by atoms with Crippen molar-refractivity contribution < 1.29 is 13.9 Å². The van der Waals surface area contributed by atoms with Crippen LogP contribution < -0.4 is 0 Å². The second-order valence-electron chi connectivity index (χ2n) is 5.45. The molecule has 1 atom stereocenters. The normalized spacial score (nSPS) is 16.3. The van der Waals surface area contributed by atoms with Crippen molar-refractivity contribution in [3.63, 3.8) is 0 Å². The monoisotopic (exact) mass is 319 g/mol. The number of amides is 1. The summed E-state index contributed by atoms with van der Waals surface area (Å²) in [6.45, 7) is 3.93. The summed E-state index contributed by atoms with van der Waals surface area (Å²) in [7, 11) is 0. The molecule has 0 bridgehead atoms. The van der Waals surface area contributed by atoms with Gasteiger partial charge in [0.2, 0.25) is 5.91 Å². The van der Waals surface area contributed by atoms with E-state index in [1.807, 2.05) is 0 Å². The number of morpholine rings is 1. The predicted molar refractivity (Wildman–Crippen MR) is 79.1 cm³/mol. The summed E-state index contributed by atoms with van der Waals surface area (Å²) in [6, 6.07) is 5.58. The van der Waals surface area contributed by atoms with Gasteiger partial charge in [0.1, 0.15) is 17.7 Å². The number of benzene rings is 1. The molecule has 0 saturated carbocycles. The minimum atomic E-state index is -0.548. The number of ether oxygens (including phenoxy) is 1. The van der Waals surface area contributed by atoms with E-state index < -0.39 is 6.04 Å². The number of carbonyl (C=O) groups is 1. The second kappa shape index (κ2) is 6.82. The summed E-state index contributed by atoms with van der Waals surface area (Å²) >= 11 is 0. The van der Waals surface area contributed by atoms with Gasteiger partial charge >= 0.3 is 0 Å². The van der Waals surface area contributed by atoms with Crippen LogP contribution in [0.2, 0.25) is 0 Å². The Bertz CT molecular complexity index is 667. The quantitative estimate of drug-likeness (QED) is 0.832. The zero-order valence-electron chi connectivity index (χ0n) is 12.9. The molecule has 0 spiro atoms. The Balaban J connectivity index is 1.85. The van der Waals surface area contributed by atoms with Gasteiger partial charge in [-0.05, 0) is 35.0 Å². The Hall–Kier alpha value is -2.35. The summed E-state index contributed by atoms with van der Waals surface area (Å²) in [5.74, 6) is 0.218. The zero-order valence-corrected chi connectivity index (χ0v) is 12.9. The maximum absolute atomic E-state index is 13.1. The fraction of sp³-hybridized carbons (Fsp3) is 0.467. The Kier molecular flexibility index (Phi) is 4.61. The highest BCUT2D eigenvalue weighted by atomic mass is 19.1. The number of hydrogen-bond acceptors (Lipinski definition) is 5. The third-order valence-corrected chi connectivity index (χ3v) is 3.90. The lowest BCUT2D eigenvalue weighted by molar-refractivity contribution is -0.139. The van der Waals surface area contributed by atoms with Crippen LogP contribution in [-0.4, -0.2) is 57.3 Å². The Morgan fingerprint density at radius 2 is 2.00 bits per heavy atom. The highest BCUT2D eigenvalue weighted by molar-refractivity contribution is 5.80. The molecule has 8 heteroatoms. The van der Waals surface area contributed by atoms with Gasteiger partial charge in [-0.1, -0.05) is 12.1 Å². The fourth-order valence-corrected chi connectivity index (χ4v) is 2.64. The van der Waals surface area contributed by atoms with Gasteiger partial charge in [0.15, 0.2) is 0 Å². The minimum Gasteiger partial charge on any atom is -0.378 e. The predicted octanol–water partition coefficient (Wildman–Crippen LogP) is 0.763. The number of hydrogen-bond donors (Lipinski definition) is 0. The number of rotatable bonds is 4. The van der Waals surface area contributed by atoms with E-state index >= 15 is 0 Å². The molecule has 1 amide bonds. The molecule has 0 N–H and O–H groups in total. The van der Waals surface area contributed by atoms with E-state index in [-0.39, 0.29) is 11.7 Å². The van der Waals surface area contributed by atoms with Crippen molar-refractivity contribution >= 4 is 5.91 Å². The molecule has 1 fully saturated rings. The van der Waals surface area contributed by atoms with Gasteiger partial charge in [0.25, 0.3) is 0 Å². The maximum Gasteiger partial charge on any atom is 0.248 e. The van der Waals surface area contributed by atoms with Crippen LogP contribution in [0.5, 0.6) is 0 Å². The summed E-state index contributed by atoms with van der Waals surface area (Å²) in [5, 5.41) is 11.4. The average Bonchev–Trinajstić information content (AvgIpc) is 3.00. The van der Waals surface area contributed by atoms with Gasteiger partial charge in [-0.15, -0.1) is 5.10 Å². The molecular formula is C15H18FN5O2.